The number of nitrogens with one attached hydrogen (secondary N) is 1. The van der Waals surface area contributed by atoms with Gasteiger partial charge in [0.2, 0.25) is 0 Å². The average molecular weight is 359 g/mol. The van der Waals surface area contributed by atoms with E-state index in [0.717, 1.165) is 36.9 Å². The summed E-state index contributed by atoms with van der Waals surface area (Å²) < 4.78 is 3.28. The molecule has 0 radical (unpaired) electrons. The molecule has 0 saturated heterocycles. The van der Waals surface area contributed by atoms with Crippen molar-refractivity contribution >= 4 is 15.9 Å². The fourth-order valence-corrected chi connectivity index (χ4v) is 2.94. The zero-order valence-corrected chi connectivity index (χ0v) is 15.8. The molecule has 1 rings (SSSR count). The minimum Gasteiger partial charge on any atom is -0.309 e. The molecule has 0 spiro atoms. The van der Waals surface area contributed by atoms with Crippen LogP contribution in [-0.4, -0.2) is 41.9 Å². The van der Waals surface area contributed by atoms with E-state index in [9.17, 15) is 0 Å². The van der Waals surface area contributed by atoms with Gasteiger partial charge >= 0.3 is 0 Å². The topological polar surface area (TPSA) is 33.1 Å². The van der Waals surface area contributed by atoms with Gasteiger partial charge in [-0.05, 0) is 55.3 Å². The fraction of sp³-hybridized carbons (Fsp3) is 0.812. The van der Waals surface area contributed by atoms with Crippen molar-refractivity contribution in [2.24, 2.45) is 5.92 Å². The smallest absolute Gasteiger partial charge is 0.0696 e. The van der Waals surface area contributed by atoms with Crippen LogP contribution in [0.4, 0.5) is 0 Å². The molecule has 1 heterocycles. The van der Waals surface area contributed by atoms with Gasteiger partial charge in [-0.15, -0.1) is 0 Å². The monoisotopic (exact) mass is 358 g/mol. The quantitative estimate of drug-likeness (QED) is 0.692. The Morgan fingerprint density at radius 3 is 2.67 bits per heavy atom. The summed E-state index contributed by atoms with van der Waals surface area (Å²) in [6, 6.07) is 0.374. The van der Waals surface area contributed by atoms with Gasteiger partial charge in [-0.2, -0.15) is 5.10 Å². The van der Waals surface area contributed by atoms with Crippen LogP contribution in [0.3, 0.4) is 0 Å². The fourth-order valence-electron chi connectivity index (χ4n) is 2.37. The minimum absolute atomic E-state index is 0.374. The summed E-state index contributed by atoms with van der Waals surface area (Å²) in [5, 5.41) is 8.25. The van der Waals surface area contributed by atoms with Gasteiger partial charge in [-0.25, -0.2) is 0 Å². The predicted molar refractivity (Wildman–Crippen MR) is 93.6 cm³/mol. The standard InChI is InChI=1S/C16H31BrN4/c1-6-8-18-15(11-13(3)7-2)16-14(17)12-19-21(16)10-9-20(4)5/h12-13,15,18H,6-11H2,1-5H3. The molecule has 1 aromatic rings. The number of nitrogens with zero attached hydrogens (tertiary/aromatic N) is 3. The van der Waals surface area contributed by atoms with Crippen LogP contribution in [0.5, 0.6) is 0 Å². The maximum Gasteiger partial charge on any atom is 0.0696 e. The third-order valence-corrected chi connectivity index (χ3v) is 4.51. The lowest BCUT2D eigenvalue weighted by atomic mass is 9.97. The van der Waals surface area contributed by atoms with Gasteiger partial charge in [0, 0.05) is 6.54 Å². The summed E-state index contributed by atoms with van der Waals surface area (Å²) in [6.45, 7) is 9.79. The van der Waals surface area contributed by atoms with Crippen molar-refractivity contribution in [2.75, 3.05) is 27.2 Å². The highest BCUT2D eigenvalue weighted by Crippen LogP contribution is 2.29. The molecule has 0 aromatic carbocycles. The normalized spacial score (nSPS) is 14.6. The van der Waals surface area contributed by atoms with E-state index >= 15 is 0 Å². The summed E-state index contributed by atoms with van der Waals surface area (Å²) in [5.74, 6) is 0.712. The second kappa shape index (κ2) is 9.59. The van der Waals surface area contributed by atoms with E-state index in [-0.39, 0.29) is 0 Å². The van der Waals surface area contributed by atoms with E-state index in [1.165, 1.54) is 12.1 Å². The molecule has 5 heteroatoms. The number of likely N-dealkylation sites (N-methyl/N-ethyl adjacent to an activating group) is 1. The van der Waals surface area contributed by atoms with Crippen LogP contribution in [0.1, 0.15) is 51.8 Å². The van der Waals surface area contributed by atoms with Crippen molar-refractivity contribution in [3.8, 4) is 0 Å². The number of rotatable bonds is 10. The van der Waals surface area contributed by atoms with E-state index in [1.807, 2.05) is 6.20 Å². The van der Waals surface area contributed by atoms with Gasteiger partial charge in [0.25, 0.3) is 0 Å². The second-order valence-corrected chi connectivity index (χ2v) is 7.01. The van der Waals surface area contributed by atoms with Crippen molar-refractivity contribution in [3.05, 3.63) is 16.4 Å². The molecule has 0 saturated carbocycles. The zero-order chi connectivity index (χ0) is 15.8. The van der Waals surface area contributed by atoms with E-state index in [2.05, 4.69) is 70.8 Å². The highest BCUT2D eigenvalue weighted by molar-refractivity contribution is 9.10. The second-order valence-electron chi connectivity index (χ2n) is 6.16. The maximum atomic E-state index is 4.55. The molecular formula is C16H31BrN4. The van der Waals surface area contributed by atoms with Crippen LogP contribution in [0.2, 0.25) is 0 Å². The Morgan fingerprint density at radius 2 is 2.10 bits per heavy atom. The summed E-state index contributed by atoms with van der Waals surface area (Å²) >= 11 is 3.69. The van der Waals surface area contributed by atoms with Gasteiger partial charge in [-0.3, -0.25) is 4.68 Å². The molecule has 0 aliphatic heterocycles. The molecule has 0 aliphatic rings. The first kappa shape index (κ1) is 18.7. The Balaban J connectivity index is 2.90. The first-order valence-electron chi connectivity index (χ1n) is 8.08. The van der Waals surface area contributed by atoms with E-state index in [1.54, 1.807) is 0 Å². The van der Waals surface area contributed by atoms with E-state index in [0.29, 0.717) is 12.0 Å². The summed E-state index contributed by atoms with van der Waals surface area (Å²) in [4.78, 5) is 2.20. The van der Waals surface area contributed by atoms with Crippen LogP contribution in [0, 0.1) is 5.92 Å². The molecular weight excluding hydrogens is 328 g/mol. The summed E-state index contributed by atoms with van der Waals surface area (Å²) in [7, 11) is 4.20. The van der Waals surface area contributed by atoms with Crippen LogP contribution >= 0.6 is 15.9 Å². The lowest BCUT2D eigenvalue weighted by Crippen LogP contribution is -2.28. The lowest BCUT2D eigenvalue weighted by molar-refractivity contribution is 0.346. The Bertz CT molecular complexity index is 403. The van der Waals surface area contributed by atoms with E-state index < -0.39 is 0 Å². The minimum atomic E-state index is 0.374. The molecule has 1 aromatic heterocycles. The Morgan fingerprint density at radius 1 is 1.38 bits per heavy atom. The van der Waals surface area contributed by atoms with Crippen molar-refractivity contribution in [3.63, 3.8) is 0 Å². The predicted octanol–water partition coefficient (Wildman–Crippen LogP) is 3.68. The van der Waals surface area contributed by atoms with E-state index in [4.69, 9.17) is 0 Å². The molecule has 0 aliphatic carbocycles. The molecule has 4 nitrogen and oxygen atoms in total. The number of hydrogen-bond donors (Lipinski definition) is 1. The van der Waals surface area contributed by atoms with Gasteiger partial charge < -0.3 is 10.2 Å². The molecule has 0 amide bonds. The largest absolute Gasteiger partial charge is 0.309 e. The number of halogens is 1. The molecule has 2 unspecified atom stereocenters. The zero-order valence-electron chi connectivity index (χ0n) is 14.2. The molecule has 2 atom stereocenters. The third kappa shape index (κ3) is 6.09. The Kier molecular flexibility index (Phi) is 8.52. The average Bonchev–Trinajstić information content (AvgIpc) is 2.82. The van der Waals surface area contributed by atoms with Crippen molar-refractivity contribution < 1.29 is 0 Å². The highest BCUT2D eigenvalue weighted by atomic mass is 79.9. The Labute approximate surface area is 138 Å². The van der Waals surface area contributed by atoms with Crippen LogP contribution in [0.15, 0.2) is 10.7 Å². The first-order chi connectivity index (χ1) is 9.99. The first-order valence-corrected chi connectivity index (χ1v) is 8.88. The molecule has 0 bridgehead atoms. The van der Waals surface area contributed by atoms with Gasteiger partial charge in [0.15, 0.2) is 0 Å². The van der Waals surface area contributed by atoms with Crippen molar-refractivity contribution in [1.82, 2.24) is 20.0 Å². The highest BCUT2D eigenvalue weighted by Gasteiger charge is 2.21. The van der Waals surface area contributed by atoms with Crippen LogP contribution < -0.4 is 5.32 Å². The summed E-state index contributed by atoms with van der Waals surface area (Å²) in [6.07, 6.45) is 5.46. The van der Waals surface area contributed by atoms with Crippen LogP contribution in [0.25, 0.3) is 0 Å². The van der Waals surface area contributed by atoms with Crippen molar-refractivity contribution in [1.29, 1.82) is 0 Å². The molecule has 1 N–H and O–H groups in total. The number of hydrogen-bond acceptors (Lipinski definition) is 3. The Hall–Kier alpha value is -0.390. The maximum absolute atomic E-state index is 4.55. The van der Waals surface area contributed by atoms with Gasteiger partial charge in [0.1, 0.15) is 0 Å². The SMILES string of the molecule is CCCNC(CC(C)CC)c1c(Br)cnn1CCN(C)C. The summed E-state index contributed by atoms with van der Waals surface area (Å²) in [5.41, 5.74) is 1.30. The molecule has 122 valence electrons. The van der Waals surface area contributed by atoms with Gasteiger partial charge in [0.05, 0.1) is 29.0 Å². The van der Waals surface area contributed by atoms with Gasteiger partial charge in [-0.1, -0.05) is 27.2 Å². The van der Waals surface area contributed by atoms with Crippen LogP contribution in [-0.2, 0) is 6.54 Å². The molecule has 21 heavy (non-hydrogen) atoms. The van der Waals surface area contributed by atoms with Crippen molar-refractivity contribution in [2.45, 2.75) is 52.6 Å². The lowest BCUT2D eigenvalue weighted by Gasteiger charge is -2.24. The number of aromatic nitrogens is 2. The molecule has 0 fully saturated rings. The third-order valence-electron chi connectivity index (χ3n) is 3.90.